The number of carbonyl (C=O) groups excluding carboxylic acids is 1. The molecule has 1 aliphatic rings. The Morgan fingerprint density at radius 3 is 2.93 bits per heavy atom. The fraction of sp³-hybridized carbons (Fsp3) is 0.350. The Morgan fingerprint density at radius 1 is 1.30 bits per heavy atom. The highest BCUT2D eigenvalue weighted by molar-refractivity contribution is 7.21. The van der Waals surface area contributed by atoms with Gasteiger partial charge in [-0.2, -0.15) is 0 Å². The lowest BCUT2D eigenvalue weighted by molar-refractivity contribution is 0.0954. The van der Waals surface area contributed by atoms with Gasteiger partial charge in [-0.25, -0.2) is 4.98 Å². The number of thiazole rings is 1. The Morgan fingerprint density at radius 2 is 2.15 bits per heavy atom. The van der Waals surface area contributed by atoms with Crippen molar-refractivity contribution in [2.45, 2.75) is 13.3 Å². The number of nitrogens with one attached hydrogen (secondary N) is 1. The number of hydrogen-bond acceptors (Lipinski definition) is 6. The second-order valence-corrected chi connectivity index (χ2v) is 7.56. The molecule has 0 spiro atoms. The number of pyridine rings is 1. The van der Waals surface area contributed by atoms with E-state index < -0.39 is 0 Å². The first-order valence-electron chi connectivity index (χ1n) is 9.12. The molecule has 0 saturated carbocycles. The van der Waals surface area contributed by atoms with Crippen molar-refractivity contribution < 1.29 is 9.53 Å². The number of amides is 1. The average Bonchev–Trinajstić information content (AvgIpc) is 3.16. The second-order valence-electron chi connectivity index (χ2n) is 6.56. The Bertz CT molecular complexity index is 936. The standard InChI is InChI=1S/C20H22N4O2S/c1-14-4-5-16(24-9-11-26-12-10-24)18-17(14)23-20(27-18)19(25)22-8-6-15-3-2-7-21-13-15/h2-5,7,13H,6,8-12H2,1H3,(H,22,25). The molecule has 1 aromatic carbocycles. The minimum Gasteiger partial charge on any atom is -0.378 e. The number of anilines is 1. The predicted octanol–water partition coefficient (Wildman–Crippen LogP) is 2.81. The van der Waals surface area contributed by atoms with Gasteiger partial charge in [-0.15, -0.1) is 11.3 Å². The van der Waals surface area contributed by atoms with Crippen molar-refractivity contribution in [2.75, 3.05) is 37.7 Å². The van der Waals surface area contributed by atoms with Crippen LogP contribution in [0.15, 0.2) is 36.7 Å². The quantitative estimate of drug-likeness (QED) is 0.735. The summed E-state index contributed by atoms with van der Waals surface area (Å²) in [6, 6.07) is 8.12. The molecular weight excluding hydrogens is 360 g/mol. The van der Waals surface area contributed by atoms with Gasteiger partial charge in [-0.3, -0.25) is 9.78 Å². The molecule has 0 unspecified atom stereocenters. The number of hydrogen-bond donors (Lipinski definition) is 1. The zero-order valence-electron chi connectivity index (χ0n) is 15.3. The summed E-state index contributed by atoms with van der Waals surface area (Å²) in [5.74, 6) is -0.118. The van der Waals surface area contributed by atoms with Gasteiger partial charge >= 0.3 is 0 Å². The van der Waals surface area contributed by atoms with E-state index in [-0.39, 0.29) is 5.91 Å². The lowest BCUT2D eigenvalue weighted by Crippen LogP contribution is -2.36. The number of morpholine rings is 1. The summed E-state index contributed by atoms with van der Waals surface area (Å²) in [6.07, 6.45) is 4.32. The maximum atomic E-state index is 12.6. The topological polar surface area (TPSA) is 67.3 Å². The van der Waals surface area contributed by atoms with E-state index >= 15 is 0 Å². The first-order chi connectivity index (χ1) is 13.2. The summed E-state index contributed by atoms with van der Waals surface area (Å²) < 4.78 is 6.54. The Kier molecular flexibility index (Phi) is 5.31. The maximum Gasteiger partial charge on any atom is 0.280 e. The number of carbonyl (C=O) groups is 1. The van der Waals surface area contributed by atoms with Crippen LogP contribution in [0, 0.1) is 6.92 Å². The van der Waals surface area contributed by atoms with Crippen LogP contribution in [0.5, 0.6) is 0 Å². The van der Waals surface area contributed by atoms with Crippen LogP contribution in [0.3, 0.4) is 0 Å². The summed E-state index contributed by atoms with van der Waals surface area (Å²) in [7, 11) is 0. The molecule has 6 nitrogen and oxygen atoms in total. The minimum absolute atomic E-state index is 0.118. The summed E-state index contributed by atoms with van der Waals surface area (Å²) in [5, 5.41) is 3.49. The van der Waals surface area contributed by atoms with Gasteiger partial charge in [0.2, 0.25) is 0 Å². The molecule has 1 amide bonds. The molecule has 3 aromatic rings. The van der Waals surface area contributed by atoms with E-state index in [1.165, 1.54) is 11.3 Å². The van der Waals surface area contributed by atoms with Crippen LogP contribution >= 0.6 is 11.3 Å². The number of ether oxygens (including phenoxy) is 1. The van der Waals surface area contributed by atoms with Crippen LogP contribution in [0.25, 0.3) is 10.2 Å². The first-order valence-corrected chi connectivity index (χ1v) is 9.94. The van der Waals surface area contributed by atoms with Crippen LogP contribution in [-0.4, -0.2) is 48.7 Å². The molecule has 2 aromatic heterocycles. The number of fused-ring (bicyclic) bond motifs is 1. The molecule has 3 heterocycles. The van der Waals surface area contributed by atoms with E-state index in [0.29, 0.717) is 11.6 Å². The summed E-state index contributed by atoms with van der Waals surface area (Å²) in [4.78, 5) is 23.6. The fourth-order valence-corrected chi connectivity index (χ4v) is 4.31. The van der Waals surface area contributed by atoms with Crippen molar-refractivity contribution in [2.24, 2.45) is 0 Å². The largest absolute Gasteiger partial charge is 0.378 e. The van der Waals surface area contributed by atoms with Crippen LogP contribution in [0.1, 0.15) is 20.9 Å². The van der Waals surface area contributed by atoms with Gasteiger partial charge < -0.3 is 15.0 Å². The summed E-state index contributed by atoms with van der Waals surface area (Å²) in [6.45, 7) is 5.79. The lowest BCUT2D eigenvalue weighted by atomic mass is 10.2. The van der Waals surface area contributed by atoms with E-state index in [2.05, 4.69) is 32.3 Å². The molecule has 1 fully saturated rings. The number of rotatable bonds is 5. The van der Waals surface area contributed by atoms with Crippen molar-refractivity contribution in [3.05, 3.63) is 52.8 Å². The SMILES string of the molecule is Cc1ccc(N2CCOCC2)c2sc(C(=O)NCCc3cccnc3)nc12. The van der Waals surface area contributed by atoms with Crippen molar-refractivity contribution >= 4 is 33.1 Å². The van der Waals surface area contributed by atoms with E-state index in [1.54, 1.807) is 6.20 Å². The van der Waals surface area contributed by atoms with E-state index in [4.69, 9.17) is 4.74 Å². The molecule has 4 rings (SSSR count). The Balaban J connectivity index is 1.51. The van der Waals surface area contributed by atoms with E-state index in [1.807, 2.05) is 25.3 Å². The third-order valence-corrected chi connectivity index (χ3v) is 5.77. The Hall–Kier alpha value is -2.51. The highest BCUT2D eigenvalue weighted by Crippen LogP contribution is 2.34. The summed E-state index contributed by atoms with van der Waals surface area (Å²) >= 11 is 1.47. The average molecular weight is 382 g/mol. The third kappa shape index (κ3) is 3.94. The maximum absolute atomic E-state index is 12.6. The number of nitrogens with zero attached hydrogens (tertiary/aromatic N) is 3. The van der Waals surface area contributed by atoms with Crippen LogP contribution < -0.4 is 10.2 Å². The molecule has 0 bridgehead atoms. The number of aromatic nitrogens is 2. The smallest absolute Gasteiger partial charge is 0.280 e. The molecule has 140 valence electrons. The molecule has 1 saturated heterocycles. The van der Waals surface area contributed by atoms with Gasteiger partial charge in [0.25, 0.3) is 5.91 Å². The molecule has 1 N–H and O–H groups in total. The lowest BCUT2D eigenvalue weighted by Gasteiger charge is -2.29. The van der Waals surface area contributed by atoms with Crippen LogP contribution in [-0.2, 0) is 11.2 Å². The highest BCUT2D eigenvalue weighted by Gasteiger charge is 2.20. The van der Waals surface area contributed by atoms with Crippen molar-refractivity contribution in [1.82, 2.24) is 15.3 Å². The Labute approximate surface area is 162 Å². The number of benzene rings is 1. The van der Waals surface area contributed by atoms with Gasteiger partial charge in [0, 0.05) is 32.0 Å². The van der Waals surface area contributed by atoms with Gasteiger partial charge in [-0.1, -0.05) is 12.1 Å². The monoisotopic (exact) mass is 382 g/mol. The molecular formula is C20H22N4O2S. The normalized spacial score (nSPS) is 14.5. The third-order valence-electron chi connectivity index (χ3n) is 4.69. The van der Waals surface area contributed by atoms with Crippen molar-refractivity contribution in [1.29, 1.82) is 0 Å². The minimum atomic E-state index is -0.118. The van der Waals surface area contributed by atoms with Gasteiger partial charge in [0.05, 0.1) is 29.1 Å². The van der Waals surface area contributed by atoms with E-state index in [9.17, 15) is 4.79 Å². The van der Waals surface area contributed by atoms with Gasteiger partial charge in [-0.05, 0) is 36.6 Å². The van der Waals surface area contributed by atoms with Gasteiger partial charge in [0.15, 0.2) is 5.01 Å². The second kappa shape index (κ2) is 8.02. The van der Waals surface area contributed by atoms with Crippen molar-refractivity contribution in [3.63, 3.8) is 0 Å². The fourth-order valence-electron chi connectivity index (χ4n) is 3.21. The molecule has 0 atom stereocenters. The molecule has 1 aliphatic heterocycles. The van der Waals surface area contributed by atoms with Crippen LogP contribution in [0.4, 0.5) is 5.69 Å². The van der Waals surface area contributed by atoms with Crippen molar-refractivity contribution in [3.8, 4) is 0 Å². The predicted molar refractivity (Wildman–Crippen MR) is 108 cm³/mol. The van der Waals surface area contributed by atoms with Gasteiger partial charge in [0.1, 0.15) is 0 Å². The van der Waals surface area contributed by atoms with Crippen LogP contribution in [0.2, 0.25) is 0 Å². The molecule has 0 radical (unpaired) electrons. The summed E-state index contributed by atoms with van der Waals surface area (Å²) in [5.41, 5.74) is 4.26. The molecule has 0 aliphatic carbocycles. The highest BCUT2D eigenvalue weighted by atomic mass is 32.1. The molecule has 7 heteroatoms. The molecule has 27 heavy (non-hydrogen) atoms. The zero-order valence-corrected chi connectivity index (χ0v) is 16.1. The zero-order chi connectivity index (χ0) is 18.6. The number of aryl methyl sites for hydroxylation is 1. The first kappa shape index (κ1) is 17.9. The van der Waals surface area contributed by atoms with E-state index in [0.717, 1.165) is 59.8 Å².